The number of ether oxygens (including phenoxy) is 4. The molecule has 0 bridgehead atoms. The number of hydrogen-bond acceptors (Lipinski definition) is 6. The van der Waals surface area contributed by atoms with Gasteiger partial charge in [-0.25, -0.2) is 4.79 Å². The lowest BCUT2D eigenvalue weighted by atomic mass is 10.1. The van der Waals surface area contributed by atoms with Crippen LogP contribution in [-0.4, -0.2) is 39.8 Å². The molecule has 27 heavy (non-hydrogen) atoms. The Morgan fingerprint density at radius 2 is 1.59 bits per heavy atom. The zero-order chi connectivity index (χ0) is 19.8. The van der Waals surface area contributed by atoms with Gasteiger partial charge in [-0.15, -0.1) is 0 Å². The first-order valence-corrected chi connectivity index (χ1v) is 8.38. The normalized spacial score (nSPS) is 10.1. The fourth-order valence-corrected chi connectivity index (χ4v) is 2.46. The number of hydrogen-bond donors (Lipinski definition) is 1. The number of rotatable bonds is 8. The molecule has 0 aromatic heterocycles. The fourth-order valence-electron chi connectivity index (χ4n) is 2.46. The van der Waals surface area contributed by atoms with Crippen molar-refractivity contribution in [3.05, 3.63) is 47.5 Å². The summed E-state index contributed by atoms with van der Waals surface area (Å²) in [5.41, 5.74) is 1.88. The molecule has 2 aromatic rings. The molecule has 0 saturated carbocycles. The van der Waals surface area contributed by atoms with Crippen LogP contribution >= 0.6 is 0 Å². The van der Waals surface area contributed by atoms with Gasteiger partial charge in [0.1, 0.15) is 11.3 Å². The van der Waals surface area contributed by atoms with Gasteiger partial charge in [-0.2, -0.15) is 0 Å². The predicted molar refractivity (Wildman–Crippen MR) is 101 cm³/mol. The first kappa shape index (κ1) is 20.1. The molecule has 7 heteroatoms. The molecule has 0 unspecified atom stereocenters. The molecule has 0 saturated heterocycles. The zero-order valence-corrected chi connectivity index (χ0v) is 15.8. The maximum Gasteiger partial charge on any atom is 0.342 e. The first-order chi connectivity index (χ1) is 13.0. The Hall–Kier alpha value is -3.22. The summed E-state index contributed by atoms with van der Waals surface area (Å²) in [4.78, 5) is 24.4. The molecule has 0 aliphatic carbocycles. The van der Waals surface area contributed by atoms with Crippen molar-refractivity contribution in [1.29, 1.82) is 0 Å². The molecule has 0 fully saturated rings. The third kappa shape index (κ3) is 5.13. The van der Waals surface area contributed by atoms with Crippen LogP contribution in [0.25, 0.3) is 0 Å². The summed E-state index contributed by atoms with van der Waals surface area (Å²) < 4.78 is 20.7. The van der Waals surface area contributed by atoms with E-state index in [9.17, 15) is 9.59 Å². The Morgan fingerprint density at radius 3 is 2.22 bits per heavy atom. The minimum Gasteiger partial charge on any atom is -0.496 e. The molecule has 2 rings (SSSR count). The van der Waals surface area contributed by atoms with Crippen LogP contribution in [0.3, 0.4) is 0 Å². The minimum absolute atomic E-state index is 0.135. The standard InChI is InChI=1S/C20H23NO6/c1-5-13-7-6-8-14(9-13)21-19(22)12-27-20(23)15-10-17(25-3)18(26-4)11-16(15)24-2/h6-11H,5,12H2,1-4H3,(H,21,22). The number of esters is 1. The predicted octanol–water partition coefficient (Wildman–Crippen LogP) is 3.07. The molecule has 2 aromatic carbocycles. The number of anilines is 1. The third-order valence-corrected chi connectivity index (χ3v) is 3.88. The van der Waals surface area contributed by atoms with Gasteiger partial charge in [0, 0.05) is 17.8 Å². The lowest BCUT2D eigenvalue weighted by Gasteiger charge is -2.13. The molecular formula is C20H23NO6. The number of benzene rings is 2. The van der Waals surface area contributed by atoms with Gasteiger partial charge in [-0.3, -0.25) is 4.79 Å². The Kier molecular flexibility index (Phi) is 7.05. The summed E-state index contributed by atoms with van der Waals surface area (Å²) >= 11 is 0. The summed E-state index contributed by atoms with van der Waals surface area (Å²) in [6, 6.07) is 10.4. The van der Waals surface area contributed by atoms with E-state index in [2.05, 4.69) is 5.32 Å². The van der Waals surface area contributed by atoms with Crippen molar-refractivity contribution in [2.45, 2.75) is 13.3 Å². The fraction of sp³-hybridized carbons (Fsp3) is 0.300. The van der Waals surface area contributed by atoms with E-state index in [1.807, 2.05) is 25.1 Å². The van der Waals surface area contributed by atoms with E-state index in [-0.39, 0.29) is 11.3 Å². The number of carbonyl (C=O) groups excluding carboxylic acids is 2. The van der Waals surface area contributed by atoms with Crippen LogP contribution in [0.4, 0.5) is 5.69 Å². The van der Waals surface area contributed by atoms with Crippen molar-refractivity contribution in [2.75, 3.05) is 33.3 Å². The summed E-state index contributed by atoms with van der Waals surface area (Å²) in [6.45, 7) is 1.60. The second-order valence-electron chi connectivity index (χ2n) is 5.59. The Labute approximate surface area is 158 Å². The highest BCUT2D eigenvalue weighted by atomic mass is 16.5. The van der Waals surface area contributed by atoms with Gasteiger partial charge in [-0.1, -0.05) is 19.1 Å². The quantitative estimate of drug-likeness (QED) is 0.716. The van der Waals surface area contributed by atoms with Gasteiger partial charge in [-0.05, 0) is 24.1 Å². The first-order valence-electron chi connectivity index (χ1n) is 8.38. The lowest BCUT2D eigenvalue weighted by Crippen LogP contribution is -2.21. The molecular weight excluding hydrogens is 350 g/mol. The van der Waals surface area contributed by atoms with Crippen molar-refractivity contribution in [3.63, 3.8) is 0 Å². The van der Waals surface area contributed by atoms with Gasteiger partial charge >= 0.3 is 5.97 Å². The Balaban J connectivity index is 2.05. The van der Waals surface area contributed by atoms with Gasteiger partial charge in [0.25, 0.3) is 5.91 Å². The van der Waals surface area contributed by atoms with E-state index >= 15 is 0 Å². The van der Waals surface area contributed by atoms with E-state index in [0.29, 0.717) is 17.2 Å². The highest BCUT2D eigenvalue weighted by Gasteiger charge is 2.20. The molecule has 144 valence electrons. The number of amides is 1. The SMILES string of the molecule is CCc1cccc(NC(=O)COC(=O)c2cc(OC)c(OC)cc2OC)c1. The minimum atomic E-state index is -0.703. The van der Waals surface area contributed by atoms with Gasteiger partial charge in [0.15, 0.2) is 18.1 Å². The van der Waals surface area contributed by atoms with Gasteiger partial charge < -0.3 is 24.3 Å². The number of aryl methyl sites for hydroxylation is 1. The van der Waals surface area contributed by atoms with Crippen molar-refractivity contribution in [3.8, 4) is 17.2 Å². The van der Waals surface area contributed by atoms with Crippen LogP contribution in [0, 0.1) is 0 Å². The summed E-state index contributed by atoms with van der Waals surface area (Å²) in [6.07, 6.45) is 0.859. The number of carbonyl (C=O) groups is 2. The molecule has 0 radical (unpaired) electrons. The van der Waals surface area contributed by atoms with Crippen LogP contribution in [0.5, 0.6) is 17.2 Å². The molecule has 1 N–H and O–H groups in total. The van der Waals surface area contributed by atoms with Crippen molar-refractivity contribution >= 4 is 17.6 Å². The van der Waals surface area contributed by atoms with E-state index in [1.165, 1.54) is 33.5 Å². The van der Waals surface area contributed by atoms with Crippen LogP contribution in [-0.2, 0) is 16.0 Å². The summed E-state index contributed by atoms with van der Waals surface area (Å²) in [5, 5.41) is 2.70. The average Bonchev–Trinajstić information content (AvgIpc) is 2.70. The lowest BCUT2D eigenvalue weighted by molar-refractivity contribution is -0.119. The second-order valence-corrected chi connectivity index (χ2v) is 5.59. The van der Waals surface area contributed by atoms with Crippen LogP contribution in [0.2, 0.25) is 0 Å². The molecule has 0 spiro atoms. The van der Waals surface area contributed by atoms with E-state index in [0.717, 1.165) is 12.0 Å². The third-order valence-electron chi connectivity index (χ3n) is 3.88. The Bertz CT molecular complexity index is 818. The van der Waals surface area contributed by atoms with E-state index in [1.54, 1.807) is 6.07 Å². The molecule has 0 aliphatic heterocycles. The highest BCUT2D eigenvalue weighted by molar-refractivity contribution is 5.97. The molecule has 0 atom stereocenters. The largest absolute Gasteiger partial charge is 0.496 e. The van der Waals surface area contributed by atoms with E-state index < -0.39 is 18.5 Å². The van der Waals surface area contributed by atoms with Crippen LogP contribution < -0.4 is 19.5 Å². The average molecular weight is 373 g/mol. The molecule has 0 aliphatic rings. The highest BCUT2D eigenvalue weighted by Crippen LogP contribution is 2.34. The monoisotopic (exact) mass is 373 g/mol. The molecule has 0 heterocycles. The summed E-state index contributed by atoms with van der Waals surface area (Å²) in [5.74, 6) is -0.111. The maximum absolute atomic E-state index is 12.4. The summed E-state index contributed by atoms with van der Waals surface area (Å²) in [7, 11) is 4.36. The topological polar surface area (TPSA) is 83.1 Å². The van der Waals surface area contributed by atoms with Crippen LogP contribution in [0.1, 0.15) is 22.8 Å². The maximum atomic E-state index is 12.4. The van der Waals surface area contributed by atoms with Crippen LogP contribution in [0.15, 0.2) is 36.4 Å². The van der Waals surface area contributed by atoms with Crippen molar-refractivity contribution in [2.24, 2.45) is 0 Å². The van der Waals surface area contributed by atoms with Crippen molar-refractivity contribution < 1.29 is 28.5 Å². The second kappa shape index (κ2) is 9.47. The number of nitrogens with one attached hydrogen (secondary N) is 1. The molecule has 7 nitrogen and oxygen atoms in total. The van der Waals surface area contributed by atoms with E-state index in [4.69, 9.17) is 18.9 Å². The van der Waals surface area contributed by atoms with Crippen molar-refractivity contribution in [1.82, 2.24) is 0 Å². The molecule has 1 amide bonds. The smallest absolute Gasteiger partial charge is 0.342 e. The Morgan fingerprint density at radius 1 is 0.926 bits per heavy atom. The van der Waals surface area contributed by atoms with Gasteiger partial charge in [0.05, 0.1) is 21.3 Å². The van der Waals surface area contributed by atoms with Gasteiger partial charge in [0.2, 0.25) is 0 Å². The zero-order valence-electron chi connectivity index (χ0n) is 15.8. The number of methoxy groups -OCH3 is 3.